The van der Waals surface area contributed by atoms with E-state index < -0.39 is 0 Å². The molecule has 0 amide bonds. The lowest BCUT2D eigenvalue weighted by Crippen LogP contribution is -2.49. The smallest absolute Gasteiger partial charge is 0.0745 e. The first-order valence-electron chi connectivity index (χ1n) is 8.48. The summed E-state index contributed by atoms with van der Waals surface area (Å²) >= 11 is 0. The first kappa shape index (κ1) is 14.1. The van der Waals surface area contributed by atoms with Crippen LogP contribution in [0, 0.1) is 11.8 Å². The number of rotatable bonds is 1. The molecular formula is C17H28N2O. The molecule has 3 atom stereocenters. The van der Waals surface area contributed by atoms with Crippen molar-refractivity contribution in [3.8, 4) is 0 Å². The molecule has 1 saturated heterocycles. The fraction of sp³-hybridized carbons (Fsp3) is 0.824. The molecule has 3 heteroatoms. The Morgan fingerprint density at radius 1 is 1.00 bits per heavy atom. The summed E-state index contributed by atoms with van der Waals surface area (Å²) in [5.41, 5.74) is 1.02. The van der Waals surface area contributed by atoms with Gasteiger partial charge in [-0.05, 0) is 56.9 Å². The standard InChI is InChI=1S/C17H28N2O/c20-18-16-9-3-1-2-4-10-17(16)19-12-11-14-7-5-6-8-15(14)13-19/h1-2,14-15,17,20H,3-13H2. The molecular weight excluding hydrogens is 248 g/mol. The molecule has 3 unspecified atom stereocenters. The van der Waals surface area contributed by atoms with E-state index in [0.29, 0.717) is 6.04 Å². The summed E-state index contributed by atoms with van der Waals surface area (Å²) < 4.78 is 0. The molecule has 20 heavy (non-hydrogen) atoms. The predicted molar refractivity (Wildman–Crippen MR) is 82.3 cm³/mol. The molecule has 1 heterocycles. The summed E-state index contributed by atoms with van der Waals surface area (Å²) in [6, 6.07) is 0.382. The minimum Gasteiger partial charge on any atom is -0.411 e. The lowest BCUT2D eigenvalue weighted by Gasteiger charge is -2.44. The lowest BCUT2D eigenvalue weighted by atomic mass is 9.74. The number of allylic oxidation sites excluding steroid dienone is 2. The van der Waals surface area contributed by atoms with Crippen LogP contribution in [0.5, 0.6) is 0 Å². The van der Waals surface area contributed by atoms with E-state index in [1.54, 1.807) is 0 Å². The fourth-order valence-corrected chi connectivity index (χ4v) is 4.48. The van der Waals surface area contributed by atoms with Crippen molar-refractivity contribution in [1.29, 1.82) is 0 Å². The zero-order valence-corrected chi connectivity index (χ0v) is 12.5. The number of oxime groups is 1. The number of piperidine rings is 1. The maximum Gasteiger partial charge on any atom is 0.0745 e. The highest BCUT2D eigenvalue weighted by Crippen LogP contribution is 2.37. The van der Waals surface area contributed by atoms with Crippen LogP contribution in [0.3, 0.4) is 0 Å². The molecule has 0 radical (unpaired) electrons. The molecule has 3 aliphatic rings. The first-order valence-corrected chi connectivity index (χ1v) is 8.48. The van der Waals surface area contributed by atoms with E-state index in [2.05, 4.69) is 22.2 Å². The van der Waals surface area contributed by atoms with E-state index in [-0.39, 0.29) is 0 Å². The van der Waals surface area contributed by atoms with Crippen LogP contribution in [-0.4, -0.2) is 35.0 Å². The van der Waals surface area contributed by atoms with Gasteiger partial charge in [0.05, 0.1) is 11.8 Å². The molecule has 2 aliphatic carbocycles. The topological polar surface area (TPSA) is 35.8 Å². The summed E-state index contributed by atoms with van der Waals surface area (Å²) in [7, 11) is 0. The average Bonchev–Trinajstić information content (AvgIpc) is 2.47. The van der Waals surface area contributed by atoms with Crippen LogP contribution in [0.15, 0.2) is 17.3 Å². The highest BCUT2D eigenvalue weighted by atomic mass is 16.4. The summed E-state index contributed by atoms with van der Waals surface area (Å²) in [4.78, 5) is 2.63. The molecule has 1 N–H and O–H groups in total. The second-order valence-electron chi connectivity index (χ2n) is 6.78. The molecule has 0 aromatic carbocycles. The zero-order chi connectivity index (χ0) is 13.8. The van der Waals surface area contributed by atoms with Crippen molar-refractivity contribution in [3.05, 3.63) is 12.2 Å². The van der Waals surface area contributed by atoms with Gasteiger partial charge in [-0.3, -0.25) is 4.90 Å². The van der Waals surface area contributed by atoms with E-state index in [0.717, 1.165) is 43.2 Å². The number of hydrogen-bond donors (Lipinski definition) is 1. The van der Waals surface area contributed by atoms with Crippen molar-refractivity contribution in [1.82, 2.24) is 4.90 Å². The molecule has 112 valence electrons. The Morgan fingerprint density at radius 2 is 1.80 bits per heavy atom. The number of fused-ring (bicyclic) bond motifs is 1. The van der Waals surface area contributed by atoms with E-state index in [4.69, 9.17) is 0 Å². The van der Waals surface area contributed by atoms with Crippen LogP contribution in [-0.2, 0) is 0 Å². The molecule has 0 aromatic rings. The second kappa shape index (κ2) is 6.75. The monoisotopic (exact) mass is 276 g/mol. The van der Waals surface area contributed by atoms with E-state index in [1.807, 2.05) is 0 Å². The van der Waals surface area contributed by atoms with Crippen molar-refractivity contribution in [2.24, 2.45) is 17.0 Å². The van der Waals surface area contributed by atoms with Gasteiger partial charge in [0.25, 0.3) is 0 Å². The van der Waals surface area contributed by atoms with Crippen molar-refractivity contribution in [2.45, 2.75) is 63.8 Å². The zero-order valence-electron chi connectivity index (χ0n) is 12.5. The van der Waals surface area contributed by atoms with Gasteiger partial charge in [-0.25, -0.2) is 0 Å². The summed E-state index contributed by atoms with van der Waals surface area (Å²) in [6.45, 7) is 2.44. The Labute approximate surface area is 122 Å². The summed E-state index contributed by atoms with van der Waals surface area (Å²) in [5.74, 6) is 1.88. The van der Waals surface area contributed by atoms with Gasteiger partial charge in [-0.15, -0.1) is 0 Å². The van der Waals surface area contributed by atoms with Crippen LogP contribution >= 0.6 is 0 Å². The van der Waals surface area contributed by atoms with Gasteiger partial charge in [0.1, 0.15) is 0 Å². The summed E-state index contributed by atoms with van der Waals surface area (Å²) in [6.07, 6.45) is 15.8. The first-order chi connectivity index (χ1) is 9.88. The third kappa shape index (κ3) is 3.08. The maximum absolute atomic E-state index is 9.38. The molecule has 0 aromatic heterocycles. The Balaban J connectivity index is 1.68. The molecule has 1 aliphatic heterocycles. The highest BCUT2D eigenvalue weighted by molar-refractivity contribution is 5.89. The van der Waals surface area contributed by atoms with Gasteiger partial charge >= 0.3 is 0 Å². The van der Waals surface area contributed by atoms with Crippen molar-refractivity contribution in [3.63, 3.8) is 0 Å². The molecule has 3 nitrogen and oxygen atoms in total. The van der Waals surface area contributed by atoms with Gasteiger partial charge in [0.15, 0.2) is 0 Å². The highest BCUT2D eigenvalue weighted by Gasteiger charge is 2.35. The molecule has 3 rings (SSSR count). The van der Waals surface area contributed by atoms with E-state index >= 15 is 0 Å². The van der Waals surface area contributed by atoms with Gasteiger partial charge < -0.3 is 5.21 Å². The Hall–Kier alpha value is -0.830. The molecule has 2 fully saturated rings. The van der Waals surface area contributed by atoms with Crippen LogP contribution in [0.25, 0.3) is 0 Å². The Bertz CT molecular complexity index is 377. The normalized spacial score (nSPS) is 38.2. The van der Waals surface area contributed by atoms with Crippen molar-refractivity contribution in [2.75, 3.05) is 13.1 Å². The van der Waals surface area contributed by atoms with Crippen molar-refractivity contribution < 1.29 is 5.21 Å². The Morgan fingerprint density at radius 3 is 2.65 bits per heavy atom. The molecule has 0 spiro atoms. The van der Waals surface area contributed by atoms with Gasteiger partial charge in [-0.1, -0.05) is 36.6 Å². The van der Waals surface area contributed by atoms with Crippen molar-refractivity contribution >= 4 is 5.71 Å². The van der Waals surface area contributed by atoms with E-state index in [1.165, 1.54) is 45.2 Å². The molecule has 0 bridgehead atoms. The number of likely N-dealkylation sites (tertiary alicyclic amines) is 1. The largest absolute Gasteiger partial charge is 0.411 e. The Kier molecular flexibility index (Phi) is 4.77. The van der Waals surface area contributed by atoms with Crippen LogP contribution in [0.2, 0.25) is 0 Å². The van der Waals surface area contributed by atoms with Crippen LogP contribution in [0.4, 0.5) is 0 Å². The van der Waals surface area contributed by atoms with Gasteiger partial charge in [0.2, 0.25) is 0 Å². The maximum atomic E-state index is 9.38. The lowest BCUT2D eigenvalue weighted by molar-refractivity contribution is 0.0709. The number of nitrogens with zero attached hydrogens (tertiary/aromatic N) is 2. The van der Waals surface area contributed by atoms with Gasteiger partial charge in [0, 0.05) is 6.54 Å². The predicted octanol–water partition coefficient (Wildman–Crippen LogP) is 3.83. The second-order valence-corrected chi connectivity index (χ2v) is 6.78. The fourth-order valence-electron chi connectivity index (χ4n) is 4.48. The average molecular weight is 276 g/mol. The van der Waals surface area contributed by atoms with Gasteiger partial charge in [-0.2, -0.15) is 0 Å². The number of hydrogen-bond acceptors (Lipinski definition) is 3. The third-order valence-corrected chi connectivity index (χ3v) is 5.62. The third-order valence-electron chi connectivity index (χ3n) is 5.62. The SMILES string of the molecule is ON=C1CCC=CCCC1N1CCC2CCCCC2C1. The summed E-state index contributed by atoms with van der Waals surface area (Å²) in [5, 5.41) is 13.0. The van der Waals surface area contributed by atoms with E-state index in [9.17, 15) is 5.21 Å². The quantitative estimate of drug-likeness (QED) is 0.449. The van der Waals surface area contributed by atoms with Crippen LogP contribution < -0.4 is 0 Å². The molecule has 1 saturated carbocycles. The van der Waals surface area contributed by atoms with Crippen LogP contribution in [0.1, 0.15) is 57.8 Å². The minimum absolute atomic E-state index is 0.382. The minimum atomic E-state index is 0.382.